The van der Waals surface area contributed by atoms with Crippen molar-refractivity contribution in [3.05, 3.63) is 57.0 Å². The maximum absolute atomic E-state index is 6.15. The quantitative estimate of drug-likeness (QED) is 0.727. The summed E-state index contributed by atoms with van der Waals surface area (Å²) in [5.74, 6) is 2.04. The zero-order chi connectivity index (χ0) is 15.4. The molecule has 0 aliphatic heterocycles. The molecule has 0 saturated carbocycles. The van der Waals surface area contributed by atoms with Gasteiger partial charge in [0.2, 0.25) is 0 Å². The first-order valence-corrected chi connectivity index (χ1v) is 8.08. The molecule has 0 aromatic heterocycles. The molecule has 1 N–H and O–H groups in total. The van der Waals surface area contributed by atoms with Crippen molar-refractivity contribution >= 4 is 27.5 Å². The highest BCUT2D eigenvalue weighted by Gasteiger charge is 2.12. The standard InChI is InChI=1S/C17H19BrClNO/c1-11(2)15-8-13(18)5-7-16(15)21-17-9-14(19)6-4-12(17)10-20-3/h4-9,11,20H,10H2,1-3H3. The molecular weight excluding hydrogens is 350 g/mol. The largest absolute Gasteiger partial charge is 0.457 e. The van der Waals surface area contributed by atoms with Crippen molar-refractivity contribution in [2.45, 2.75) is 26.3 Å². The first kappa shape index (κ1) is 16.3. The van der Waals surface area contributed by atoms with Gasteiger partial charge in [-0.1, -0.05) is 47.4 Å². The molecule has 0 amide bonds. The first-order valence-electron chi connectivity index (χ1n) is 6.91. The van der Waals surface area contributed by atoms with Gasteiger partial charge in [-0.25, -0.2) is 0 Å². The van der Waals surface area contributed by atoms with Gasteiger partial charge in [-0.05, 0) is 48.9 Å². The third kappa shape index (κ3) is 4.22. The van der Waals surface area contributed by atoms with Gasteiger partial charge in [0, 0.05) is 21.6 Å². The normalized spacial score (nSPS) is 11.0. The summed E-state index contributed by atoms with van der Waals surface area (Å²) in [5, 5.41) is 3.82. The Balaban J connectivity index is 2.40. The van der Waals surface area contributed by atoms with E-state index in [0.29, 0.717) is 10.9 Å². The molecule has 2 aromatic carbocycles. The number of hydrogen-bond acceptors (Lipinski definition) is 2. The van der Waals surface area contributed by atoms with Crippen LogP contribution in [0.2, 0.25) is 5.02 Å². The third-order valence-electron chi connectivity index (χ3n) is 3.21. The van der Waals surface area contributed by atoms with Crippen LogP contribution < -0.4 is 10.1 Å². The first-order chi connectivity index (χ1) is 10.0. The molecule has 2 nitrogen and oxygen atoms in total. The lowest BCUT2D eigenvalue weighted by Crippen LogP contribution is -2.06. The van der Waals surface area contributed by atoms with E-state index >= 15 is 0 Å². The Kier molecular flexibility index (Phi) is 5.68. The van der Waals surface area contributed by atoms with Crippen molar-refractivity contribution < 1.29 is 4.74 Å². The summed E-state index contributed by atoms with van der Waals surface area (Å²) in [5.41, 5.74) is 2.25. The summed E-state index contributed by atoms with van der Waals surface area (Å²) >= 11 is 9.62. The zero-order valence-corrected chi connectivity index (χ0v) is 14.8. The molecule has 21 heavy (non-hydrogen) atoms. The number of rotatable bonds is 5. The molecule has 0 fully saturated rings. The van der Waals surface area contributed by atoms with E-state index in [1.807, 2.05) is 37.4 Å². The van der Waals surface area contributed by atoms with E-state index in [1.165, 1.54) is 5.56 Å². The lowest BCUT2D eigenvalue weighted by Gasteiger charge is -2.16. The Hall–Kier alpha value is -1.03. The summed E-state index contributed by atoms with van der Waals surface area (Å²) in [6.07, 6.45) is 0. The van der Waals surface area contributed by atoms with Crippen molar-refractivity contribution in [2.75, 3.05) is 7.05 Å². The van der Waals surface area contributed by atoms with Gasteiger partial charge in [-0.2, -0.15) is 0 Å². The maximum atomic E-state index is 6.15. The molecule has 0 spiro atoms. The monoisotopic (exact) mass is 367 g/mol. The SMILES string of the molecule is CNCc1ccc(Cl)cc1Oc1ccc(Br)cc1C(C)C. The van der Waals surface area contributed by atoms with Gasteiger partial charge in [0.25, 0.3) is 0 Å². The maximum Gasteiger partial charge on any atom is 0.133 e. The van der Waals surface area contributed by atoms with E-state index < -0.39 is 0 Å². The molecule has 0 bridgehead atoms. The van der Waals surface area contributed by atoms with Crippen LogP contribution in [-0.4, -0.2) is 7.05 Å². The van der Waals surface area contributed by atoms with Gasteiger partial charge in [0.05, 0.1) is 0 Å². The van der Waals surface area contributed by atoms with Crippen molar-refractivity contribution in [1.82, 2.24) is 5.32 Å². The van der Waals surface area contributed by atoms with Gasteiger partial charge in [0.15, 0.2) is 0 Å². The van der Waals surface area contributed by atoms with Crippen molar-refractivity contribution in [2.24, 2.45) is 0 Å². The molecular formula is C17H19BrClNO. The molecule has 0 radical (unpaired) electrons. The average molecular weight is 369 g/mol. The van der Waals surface area contributed by atoms with Crippen LogP contribution in [0.1, 0.15) is 30.9 Å². The number of benzene rings is 2. The Labute approximate surface area is 139 Å². The molecule has 4 heteroatoms. The summed E-state index contributed by atoms with van der Waals surface area (Å²) in [7, 11) is 1.91. The van der Waals surface area contributed by atoms with Gasteiger partial charge >= 0.3 is 0 Å². The average Bonchev–Trinajstić information content (AvgIpc) is 2.43. The highest BCUT2D eigenvalue weighted by atomic mass is 79.9. The molecule has 0 aliphatic carbocycles. The fourth-order valence-corrected chi connectivity index (χ4v) is 2.68. The second kappa shape index (κ2) is 7.30. The van der Waals surface area contributed by atoms with Gasteiger partial charge in [0.1, 0.15) is 11.5 Å². The van der Waals surface area contributed by atoms with Crippen LogP contribution in [0.3, 0.4) is 0 Å². The molecule has 0 aliphatic rings. The molecule has 0 atom stereocenters. The van der Waals surface area contributed by atoms with Crippen molar-refractivity contribution in [3.8, 4) is 11.5 Å². The van der Waals surface area contributed by atoms with E-state index in [1.54, 1.807) is 0 Å². The highest BCUT2D eigenvalue weighted by molar-refractivity contribution is 9.10. The van der Waals surface area contributed by atoms with Crippen LogP contribution in [-0.2, 0) is 6.54 Å². The number of halogens is 2. The molecule has 0 unspecified atom stereocenters. The summed E-state index contributed by atoms with van der Waals surface area (Å²) < 4.78 is 7.20. The van der Waals surface area contributed by atoms with Crippen LogP contribution in [0.4, 0.5) is 0 Å². The van der Waals surface area contributed by atoms with Gasteiger partial charge in [-0.15, -0.1) is 0 Å². The molecule has 2 aromatic rings. The highest BCUT2D eigenvalue weighted by Crippen LogP contribution is 2.35. The Morgan fingerprint density at radius 3 is 2.57 bits per heavy atom. The third-order valence-corrected chi connectivity index (χ3v) is 3.94. The van der Waals surface area contributed by atoms with Crippen LogP contribution in [0.5, 0.6) is 11.5 Å². The summed E-state index contributed by atoms with van der Waals surface area (Å²) in [6.45, 7) is 5.04. The van der Waals surface area contributed by atoms with Crippen molar-refractivity contribution in [3.63, 3.8) is 0 Å². The minimum Gasteiger partial charge on any atom is -0.457 e. The van der Waals surface area contributed by atoms with Crippen LogP contribution in [0, 0.1) is 0 Å². The Bertz CT molecular complexity index is 628. The zero-order valence-electron chi connectivity index (χ0n) is 12.4. The summed E-state index contributed by atoms with van der Waals surface area (Å²) in [4.78, 5) is 0. The predicted octanol–water partition coefficient (Wildman–Crippen LogP) is 5.74. The predicted molar refractivity (Wildman–Crippen MR) is 92.5 cm³/mol. The van der Waals surface area contributed by atoms with E-state index in [4.69, 9.17) is 16.3 Å². The van der Waals surface area contributed by atoms with E-state index in [-0.39, 0.29) is 0 Å². The fraction of sp³-hybridized carbons (Fsp3) is 0.294. The molecule has 0 saturated heterocycles. The fourth-order valence-electron chi connectivity index (χ4n) is 2.14. The lowest BCUT2D eigenvalue weighted by molar-refractivity contribution is 0.465. The van der Waals surface area contributed by atoms with Crippen LogP contribution in [0.25, 0.3) is 0 Å². The van der Waals surface area contributed by atoms with Crippen LogP contribution in [0.15, 0.2) is 40.9 Å². The molecule has 112 valence electrons. The van der Waals surface area contributed by atoms with E-state index in [0.717, 1.165) is 28.1 Å². The minimum absolute atomic E-state index is 0.379. The number of ether oxygens (including phenoxy) is 1. The Morgan fingerprint density at radius 2 is 1.90 bits per heavy atom. The van der Waals surface area contributed by atoms with E-state index in [9.17, 15) is 0 Å². The second-order valence-corrected chi connectivity index (χ2v) is 6.57. The topological polar surface area (TPSA) is 21.3 Å². The molecule has 2 rings (SSSR count). The van der Waals surface area contributed by atoms with E-state index in [2.05, 4.69) is 41.2 Å². The Morgan fingerprint density at radius 1 is 1.14 bits per heavy atom. The number of nitrogens with one attached hydrogen (secondary N) is 1. The minimum atomic E-state index is 0.379. The summed E-state index contributed by atoms with van der Waals surface area (Å²) in [6, 6.07) is 11.8. The number of hydrogen-bond donors (Lipinski definition) is 1. The van der Waals surface area contributed by atoms with Crippen LogP contribution >= 0.6 is 27.5 Å². The second-order valence-electron chi connectivity index (χ2n) is 5.22. The molecule has 0 heterocycles. The smallest absolute Gasteiger partial charge is 0.133 e. The lowest BCUT2D eigenvalue weighted by atomic mass is 10.0. The van der Waals surface area contributed by atoms with Crippen molar-refractivity contribution in [1.29, 1.82) is 0 Å². The van der Waals surface area contributed by atoms with Gasteiger partial charge < -0.3 is 10.1 Å². The van der Waals surface area contributed by atoms with Gasteiger partial charge in [-0.3, -0.25) is 0 Å².